The monoisotopic (exact) mass is 402 g/mol. The summed E-state index contributed by atoms with van der Waals surface area (Å²) in [6, 6.07) is 7.86. The Morgan fingerprint density at radius 2 is 1.97 bits per heavy atom. The van der Waals surface area contributed by atoms with Gasteiger partial charge < -0.3 is 9.88 Å². The molecule has 1 N–H and O–H groups in total. The molecule has 2 aliphatic heterocycles. The van der Waals surface area contributed by atoms with Gasteiger partial charge in [-0.25, -0.2) is 9.97 Å². The van der Waals surface area contributed by atoms with Gasteiger partial charge in [-0.1, -0.05) is 6.07 Å². The summed E-state index contributed by atoms with van der Waals surface area (Å²) in [5, 5.41) is 3.13. The number of nitrogens with zero attached hydrogens (tertiary/aromatic N) is 5. The van der Waals surface area contributed by atoms with Gasteiger partial charge in [0.2, 0.25) is 5.95 Å². The van der Waals surface area contributed by atoms with Crippen LogP contribution in [0.1, 0.15) is 30.5 Å². The van der Waals surface area contributed by atoms with Crippen molar-refractivity contribution in [3.63, 3.8) is 0 Å². The summed E-state index contributed by atoms with van der Waals surface area (Å²) in [7, 11) is 0. The largest absolute Gasteiger partial charge is 0.355 e. The maximum Gasteiger partial charge on any atom is 0.251 e. The van der Waals surface area contributed by atoms with Crippen molar-refractivity contribution in [2.45, 2.75) is 32.4 Å². The molecular formula is C23H26N6O. The van der Waals surface area contributed by atoms with E-state index in [4.69, 9.17) is 0 Å². The summed E-state index contributed by atoms with van der Waals surface area (Å²) < 4.78 is 1.99. The number of hydrogen-bond acceptors (Lipinski definition) is 6. The van der Waals surface area contributed by atoms with E-state index in [9.17, 15) is 4.79 Å². The number of fused-ring (bicyclic) bond motifs is 4. The van der Waals surface area contributed by atoms with Crippen molar-refractivity contribution in [3.05, 3.63) is 70.7 Å². The van der Waals surface area contributed by atoms with E-state index in [-0.39, 0.29) is 5.56 Å². The minimum absolute atomic E-state index is 0.0990. The van der Waals surface area contributed by atoms with Crippen molar-refractivity contribution < 1.29 is 0 Å². The fraction of sp³-hybridized carbons (Fsp3) is 0.391. The average Bonchev–Trinajstić information content (AvgIpc) is 2.76. The van der Waals surface area contributed by atoms with Crippen LogP contribution in [0.3, 0.4) is 0 Å². The van der Waals surface area contributed by atoms with E-state index < -0.39 is 0 Å². The molecule has 0 radical (unpaired) electrons. The van der Waals surface area contributed by atoms with Crippen LogP contribution in [0.5, 0.6) is 0 Å². The second-order valence-electron chi connectivity index (χ2n) is 8.30. The van der Waals surface area contributed by atoms with Gasteiger partial charge in [0.1, 0.15) is 0 Å². The third kappa shape index (κ3) is 3.73. The van der Waals surface area contributed by atoms with Crippen molar-refractivity contribution in [2.24, 2.45) is 5.92 Å². The highest BCUT2D eigenvalue weighted by atomic mass is 16.1. The maximum atomic E-state index is 12.9. The van der Waals surface area contributed by atoms with E-state index in [0.717, 1.165) is 61.5 Å². The second kappa shape index (κ2) is 7.99. The van der Waals surface area contributed by atoms with E-state index in [1.54, 1.807) is 12.3 Å². The molecule has 3 aromatic rings. The molecule has 30 heavy (non-hydrogen) atoms. The first-order valence-corrected chi connectivity index (χ1v) is 10.6. The topological polar surface area (TPSA) is 75.9 Å². The smallest absolute Gasteiger partial charge is 0.251 e. The molecule has 5 heterocycles. The second-order valence-corrected chi connectivity index (χ2v) is 8.30. The molecule has 0 aromatic carbocycles. The molecule has 2 bridgehead atoms. The Balaban J connectivity index is 1.38. The van der Waals surface area contributed by atoms with Crippen LogP contribution in [-0.2, 0) is 13.1 Å². The van der Waals surface area contributed by atoms with Crippen molar-refractivity contribution >= 4 is 5.95 Å². The van der Waals surface area contributed by atoms with Crippen LogP contribution in [-0.4, -0.2) is 44.1 Å². The van der Waals surface area contributed by atoms with Gasteiger partial charge in [0.25, 0.3) is 5.56 Å². The Hall–Kier alpha value is -3.06. The Labute approximate surface area is 175 Å². The number of nitrogens with one attached hydrogen (secondary N) is 1. The summed E-state index contributed by atoms with van der Waals surface area (Å²) in [6.45, 7) is 6.43. The van der Waals surface area contributed by atoms with Gasteiger partial charge in [0.05, 0.1) is 0 Å². The van der Waals surface area contributed by atoms with Crippen LogP contribution >= 0.6 is 0 Å². The van der Waals surface area contributed by atoms with E-state index >= 15 is 0 Å². The third-order valence-corrected chi connectivity index (χ3v) is 6.07. The van der Waals surface area contributed by atoms with Crippen molar-refractivity contribution in [2.75, 3.05) is 25.0 Å². The van der Waals surface area contributed by atoms with E-state index in [2.05, 4.69) is 31.2 Å². The molecule has 1 saturated heterocycles. The molecule has 5 rings (SSSR count). The number of likely N-dealkylation sites (tertiary alicyclic amines) is 1. The van der Waals surface area contributed by atoms with Gasteiger partial charge in [0, 0.05) is 86.3 Å². The molecule has 3 aromatic heterocycles. The molecule has 0 spiro atoms. The fourth-order valence-corrected chi connectivity index (χ4v) is 4.83. The molecule has 0 saturated carbocycles. The molecular weight excluding hydrogens is 376 g/mol. The highest BCUT2D eigenvalue weighted by Gasteiger charge is 2.34. The summed E-state index contributed by atoms with van der Waals surface area (Å²) in [6.07, 6.45) is 8.54. The molecule has 154 valence electrons. The lowest BCUT2D eigenvalue weighted by Crippen LogP contribution is -2.46. The number of pyridine rings is 2. The van der Waals surface area contributed by atoms with Gasteiger partial charge in [-0.3, -0.25) is 14.7 Å². The highest BCUT2D eigenvalue weighted by molar-refractivity contribution is 5.62. The predicted octanol–water partition coefficient (Wildman–Crippen LogP) is 2.75. The van der Waals surface area contributed by atoms with Crippen LogP contribution in [0.2, 0.25) is 0 Å². The van der Waals surface area contributed by atoms with Gasteiger partial charge >= 0.3 is 0 Å². The third-order valence-electron chi connectivity index (χ3n) is 6.07. The first-order chi connectivity index (χ1) is 14.7. The molecule has 0 unspecified atom stereocenters. The number of hydrogen-bond donors (Lipinski definition) is 1. The lowest BCUT2D eigenvalue weighted by atomic mass is 9.82. The zero-order valence-electron chi connectivity index (χ0n) is 17.2. The normalized spacial score (nSPS) is 20.6. The molecule has 1 fully saturated rings. The first-order valence-electron chi connectivity index (χ1n) is 10.6. The summed E-state index contributed by atoms with van der Waals surface area (Å²) >= 11 is 0. The molecule has 2 atom stereocenters. The van der Waals surface area contributed by atoms with E-state index in [1.807, 2.05) is 42.2 Å². The number of aromatic nitrogens is 4. The standard InChI is InChI=1S/C23H26N6O/c1-2-25-23-26-9-17(10-27-23)13-28-12-16-6-20(15-28)21-7-19(8-22(30)29(21)14-16)18-4-3-5-24-11-18/h3-5,7-11,16,20H,2,6,12-15H2,1H3,(H,25,26,27)/t16-,20+/m0/s1. The molecule has 0 amide bonds. The lowest BCUT2D eigenvalue weighted by molar-refractivity contribution is 0.114. The molecule has 7 heteroatoms. The van der Waals surface area contributed by atoms with Crippen LogP contribution in [0.4, 0.5) is 5.95 Å². The quantitative estimate of drug-likeness (QED) is 0.707. The first kappa shape index (κ1) is 18.9. The van der Waals surface area contributed by atoms with Crippen LogP contribution in [0.25, 0.3) is 11.1 Å². The predicted molar refractivity (Wildman–Crippen MR) is 116 cm³/mol. The zero-order valence-corrected chi connectivity index (χ0v) is 17.2. The van der Waals surface area contributed by atoms with Gasteiger partial charge in [0.15, 0.2) is 0 Å². The highest BCUT2D eigenvalue weighted by Crippen LogP contribution is 2.36. The van der Waals surface area contributed by atoms with E-state index in [1.165, 1.54) is 0 Å². The van der Waals surface area contributed by atoms with Gasteiger partial charge in [-0.05, 0) is 37.0 Å². The number of anilines is 1. The number of rotatable bonds is 5. The molecule has 7 nitrogen and oxygen atoms in total. The van der Waals surface area contributed by atoms with Gasteiger partial charge in [-0.15, -0.1) is 0 Å². The Kier molecular flexibility index (Phi) is 5.04. The molecule has 0 aliphatic carbocycles. The average molecular weight is 403 g/mol. The SMILES string of the molecule is CCNc1ncc(CN2C[C@@H]3C[C@H](C2)c2cc(-c4cccnc4)cc(=O)n2C3)cn1. The van der Waals surface area contributed by atoms with Crippen molar-refractivity contribution in [1.29, 1.82) is 0 Å². The summed E-state index contributed by atoms with van der Waals surface area (Å²) in [5.41, 5.74) is 4.33. The number of piperidine rings is 1. The summed E-state index contributed by atoms with van der Waals surface area (Å²) in [5.74, 6) is 1.54. The van der Waals surface area contributed by atoms with Crippen molar-refractivity contribution in [1.82, 2.24) is 24.4 Å². The lowest BCUT2D eigenvalue weighted by Gasteiger charge is -2.43. The minimum Gasteiger partial charge on any atom is -0.355 e. The fourth-order valence-electron chi connectivity index (χ4n) is 4.83. The minimum atomic E-state index is 0.0990. The van der Waals surface area contributed by atoms with Gasteiger partial charge in [-0.2, -0.15) is 0 Å². The Morgan fingerprint density at radius 3 is 2.73 bits per heavy atom. The summed E-state index contributed by atoms with van der Waals surface area (Å²) in [4.78, 5) is 28.3. The van der Waals surface area contributed by atoms with Crippen LogP contribution in [0.15, 0.2) is 53.8 Å². The molecule has 2 aliphatic rings. The van der Waals surface area contributed by atoms with Crippen LogP contribution in [0, 0.1) is 5.92 Å². The maximum absolute atomic E-state index is 12.9. The Bertz CT molecular complexity index is 1080. The van der Waals surface area contributed by atoms with E-state index in [0.29, 0.717) is 17.8 Å². The Morgan fingerprint density at radius 1 is 1.10 bits per heavy atom. The zero-order chi connectivity index (χ0) is 20.5. The van der Waals surface area contributed by atoms with Crippen LogP contribution < -0.4 is 10.9 Å². The van der Waals surface area contributed by atoms with Crippen molar-refractivity contribution in [3.8, 4) is 11.1 Å².